The van der Waals surface area contributed by atoms with E-state index in [0.717, 1.165) is 18.8 Å². The number of anilines is 1. The molecule has 0 bridgehead atoms. The number of hydrogen-bond donors (Lipinski definition) is 0. The summed E-state index contributed by atoms with van der Waals surface area (Å²) < 4.78 is 44.1. The average molecular weight is 484 g/mol. The summed E-state index contributed by atoms with van der Waals surface area (Å²) >= 11 is 1.45. The Labute approximate surface area is 123 Å². The third kappa shape index (κ3) is 3.41. The van der Waals surface area contributed by atoms with Gasteiger partial charge < -0.3 is 0 Å². The number of benzene rings is 1. The van der Waals surface area contributed by atoms with E-state index in [1.807, 2.05) is 0 Å². The first kappa shape index (κ1) is 14.6. The van der Waals surface area contributed by atoms with Crippen molar-refractivity contribution >= 4 is 24.3 Å². The molecular formula is C11H11F3I2NO-. The molecule has 0 N–H and O–H groups in total. The summed E-state index contributed by atoms with van der Waals surface area (Å²) in [7, 11) is 0. The van der Waals surface area contributed by atoms with Crippen molar-refractivity contribution < 1.29 is 35.1 Å². The van der Waals surface area contributed by atoms with E-state index in [-0.39, 0.29) is 0 Å². The van der Waals surface area contributed by atoms with Crippen molar-refractivity contribution in [3.05, 3.63) is 27.3 Å². The summed E-state index contributed by atoms with van der Waals surface area (Å²) in [4.78, 5) is 2.07. The van der Waals surface area contributed by atoms with Gasteiger partial charge in [-0.15, -0.1) is 0 Å². The van der Waals surface area contributed by atoms with Gasteiger partial charge in [0.05, 0.1) is 0 Å². The molecule has 1 aromatic rings. The van der Waals surface area contributed by atoms with Crippen LogP contribution in [-0.4, -0.2) is 26.3 Å². The molecule has 1 saturated heterocycles. The summed E-state index contributed by atoms with van der Waals surface area (Å²) in [6.07, 6.45) is -4.25. The summed E-state index contributed by atoms with van der Waals surface area (Å²) in [6.45, 7) is 2.75. The minimum absolute atomic E-state index is 0.450. The van der Waals surface area contributed by atoms with Gasteiger partial charge in [-0.2, -0.15) is 0 Å². The fourth-order valence-corrected chi connectivity index (χ4v) is 5.22. The monoisotopic (exact) mass is 484 g/mol. The van der Waals surface area contributed by atoms with Gasteiger partial charge in [0.15, 0.2) is 0 Å². The van der Waals surface area contributed by atoms with Gasteiger partial charge >= 0.3 is 124 Å². The van der Waals surface area contributed by atoms with Gasteiger partial charge in [0.2, 0.25) is 0 Å². The topological polar surface area (TPSA) is 12.5 Å². The Morgan fingerprint density at radius 2 is 1.89 bits per heavy atom. The van der Waals surface area contributed by atoms with Crippen molar-refractivity contribution in [1.82, 2.24) is 0 Å². The van der Waals surface area contributed by atoms with E-state index < -0.39 is 29.0 Å². The van der Waals surface area contributed by atoms with Gasteiger partial charge in [-0.05, 0) is 0 Å². The van der Waals surface area contributed by atoms with Crippen molar-refractivity contribution in [2.75, 3.05) is 31.2 Å². The normalized spacial score (nSPS) is 17.2. The molecule has 0 unspecified atom stereocenters. The minimum atomic E-state index is -4.25. The number of hydrogen-bond acceptors (Lipinski definition) is 2. The molecule has 18 heavy (non-hydrogen) atoms. The third-order valence-electron chi connectivity index (χ3n) is 2.71. The molecule has 1 heterocycles. The second-order valence-electron chi connectivity index (χ2n) is 3.83. The van der Waals surface area contributed by atoms with Crippen molar-refractivity contribution in [3.8, 4) is 0 Å². The molecule has 102 valence electrons. The number of rotatable bonds is 2. The van der Waals surface area contributed by atoms with Crippen LogP contribution in [0.1, 0.15) is 5.56 Å². The van der Waals surface area contributed by atoms with E-state index in [2.05, 4.69) is 23.5 Å². The third-order valence-corrected chi connectivity index (χ3v) is 6.99. The van der Waals surface area contributed by atoms with Crippen LogP contribution in [0.25, 0.3) is 0 Å². The molecule has 0 atom stereocenters. The van der Waals surface area contributed by atoms with E-state index in [1.165, 1.54) is 6.07 Å². The van der Waals surface area contributed by atoms with Gasteiger partial charge in [-0.1, -0.05) is 0 Å². The van der Waals surface area contributed by atoms with Crippen LogP contribution < -0.4 is 22.1 Å². The number of nitrogens with zero attached hydrogens (tertiary/aromatic N) is 1. The molecule has 0 amide bonds. The molecule has 0 radical (unpaired) electrons. The second kappa shape index (κ2) is 6.12. The molecule has 1 aromatic carbocycles. The van der Waals surface area contributed by atoms with Crippen molar-refractivity contribution in [2.24, 2.45) is 0 Å². The second-order valence-corrected chi connectivity index (χ2v) is 8.14. The van der Waals surface area contributed by atoms with Crippen LogP contribution in [0.15, 0.2) is 18.2 Å². The first-order valence-electron chi connectivity index (χ1n) is 5.32. The van der Waals surface area contributed by atoms with Crippen molar-refractivity contribution in [3.63, 3.8) is 0 Å². The van der Waals surface area contributed by atoms with Crippen molar-refractivity contribution in [2.45, 2.75) is 6.18 Å². The molecule has 7 heteroatoms. The van der Waals surface area contributed by atoms with Gasteiger partial charge in [0.1, 0.15) is 0 Å². The van der Waals surface area contributed by atoms with Crippen LogP contribution in [0, 0.1) is 3.57 Å². The Bertz CT molecular complexity index is 419. The molecule has 2 rings (SSSR count). The Morgan fingerprint density at radius 3 is 2.44 bits per heavy atom. The summed E-state index contributed by atoms with van der Waals surface area (Å²) in [5.74, 6) is 0. The molecular weight excluding hydrogens is 473 g/mol. The fourth-order valence-electron chi connectivity index (χ4n) is 1.81. The zero-order valence-electron chi connectivity index (χ0n) is 9.31. The van der Waals surface area contributed by atoms with Gasteiger partial charge in [-0.25, -0.2) is 0 Å². The SMILES string of the molecule is FC(F)(F)c1ccc(N2CCOCC2)cc1[I-]I. The van der Waals surface area contributed by atoms with Gasteiger partial charge in [0, 0.05) is 0 Å². The van der Waals surface area contributed by atoms with E-state index in [4.69, 9.17) is 4.74 Å². The predicted octanol–water partition coefficient (Wildman–Crippen LogP) is 0.151. The van der Waals surface area contributed by atoms with Crippen LogP contribution in [0.4, 0.5) is 18.9 Å². The molecule has 2 nitrogen and oxygen atoms in total. The fraction of sp³-hybridized carbons (Fsp3) is 0.455. The van der Waals surface area contributed by atoms with E-state index >= 15 is 0 Å². The number of halogens is 5. The number of morpholine rings is 1. The Balaban J connectivity index is 2.29. The quantitative estimate of drug-likeness (QED) is 0.555. The molecule has 1 aliphatic heterocycles. The average Bonchev–Trinajstić information content (AvgIpc) is 2.38. The summed E-state index contributed by atoms with van der Waals surface area (Å²) in [5, 5.41) is 0. The standard InChI is InChI=1S/C11H11F3I2NO/c12-11(13,14)9-2-1-8(7-10(9)16-15)17-3-5-18-6-4-17/h1-2,7H,3-6H2/q-1. The van der Waals surface area contributed by atoms with Crippen LogP contribution in [-0.2, 0) is 10.9 Å². The first-order valence-corrected chi connectivity index (χ1v) is 12.7. The molecule has 0 saturated carbocycles. The molecule has 0 aliphatic carbocycles. The zero-order valence-corrected chi connectivity index (χ0v) is 13.6. The predicted molar refractivity (Wildman–Crippen MR) is 67.2 cm³/mol. The maximum absolute atomic E-state index is 12.8. The van der Waals surface area contributed by atoms with E-state index in [9.17, 15) is 13.2 Å². The Kier molecular flexibility index (Phi) is 4.98. The van der Waals surface area contributed by atoms with Gasteiger partial charge in [-0.3, -0.25) is 0 Å². The number of ether oxygens (including phenoxy) is 1. The maximum atomic E-state index is 12.8. The van der Waals surface area contributed by atoms with E-state index in [1.54, 1.807) is 12.1 Å². The zero-order chi connectivity index (χ0) is 13.2. The van der Waals surface area contributed by atoms with Crippen LogP contribution in [0.5, 0.6) is 0 Å². The van der Waals surface area contributed by atoms with E-state index in [0.29, 0.717) is 16.8 Å². The molecule has 1 aliphatic rings. The van der Waals surface area contributed by atoms with Crippen molar-refractivity contribution in [1.29, 1.82) is 0 Å². The summed E-state index contributed by atoms with van der Waals surface area (Å²) in [5.41, 5.74) is 0.388. The van der Waals surface area contributed by atoms with Crippen LogP contribution in [0.2, 0.25) is 0 Å². The number of alkyl halides is 3. The first-order chi connectivity index (χ1) is 8.52. The molecule has 0 spiro atoms. The Morgan fingerprint density at radius 1 is 1.22 bits per heavy atom. The van der Waals surface area contributed by atoms with Crippen LogP contribution in [0.3, 0.4) is 0 Å². The Hall–Kier alpha value is 0.230. The summed E-state index contributed by atoms with van der Waals surface area (Å²) in [6, 6.07) is 4.46. The molecule has 1 fully saturated rings. The van der Waals surface area contributed by atoms with Gasteiger partial charge in [0.25, 0.3) is 0 Å². The van der Waals surface area contributed by atoms with Crippen LogP contribution >= 0.6 is 18.6 Å². The molecule has 0 aromatic heterocycles.